The van der Waals surface area contributed by atoms with E-state index in [0.29, 0.717) is 24.6 Å². The molecule has 0 radical (unpaired) electrons. The van der Waals surface area contributed by atoms with Gasteiger partial charge in [-0.3, -0.25) is 9.78 Å². The van der Waals surface area contributed by atoms with E-state index in [4.69, 9.17) is 9.63 Å². The van der Waals surface area contributed by atoms with Gasteiger partial charge in [0.2, 0.25) is 0 Å². The van der Waals surface area contributed by atoms with Gasteiger partial charge in [0.25, 0.3) is 0 Å². The van der Waals surface area contributed by atoms with E-state index in [1.54, 1.807) is 31.6 Å². The third-order valence-corrected chi connectivity index (χ3v) is 4.95. The number of nitrogens with zero attached hydrogens (tertiary/aromatic N) is 4. The summed E-state index contributed by atoms with van der Waals surface area (Å²) in [6.45, 7) is 2.13. The number of aliphatic hydroxyl groups is 1. The third-order valence-electron chi connectivity index (χ3n) is 4.95. The highest BCUT2D eigenvalue weighted by Crippen LogP contribution is 2.22. The van der Waals surface area contributed by atoms with E-state index in [1.807, 2.05) is 41.0 Å². The molecule has 8 heteroatoms. The number of hydrogen-bond acceptors (Lipinski definition) is 6. The molecule has 0 aliphatic heterocycles. The lowest BCUT2D eigenvalue weighted by atomic mass is 10.1. The van der Waals surface area contributed by atoms with Crippen molar-refractivity contribution in [3.8, 4) is 23.2 Å². The van der Waals surface area contributed by atoms with Gasteiger partial charge >= 0.3 is 5.97 Å². The lowest BCUT2D eigenvalue weighted by Gasteiger charge is -2.07. The summed E-state index contributed by atoms with van der Waals surface area (Å²) >= 11 is 0. The number of aliphatic carboxylic acids is 1. The Labute approximate surface area is 190 Å². The van der Waals surface area contributed by atoms with Crippen LogP contribution in [0.4, 0.5) is 0 Å². The Kier molecular flexibility index (Phi) is 6.62. The zero-order valence-corrected chi connectivity index (χ0v) is 18.0. The molecular weight excluding hydrogens is 420 g/mol. The van der Waals surface area contributed by atoms with Gasteiger partial charge in [-0.15, -0.1) is 0 Å². The van der Waals surface area contributed by atoms with Crippen molar-refractivity contribution in [2.24, 2.45) is 0 Å². The van der Waals surface area contributed by atoms with Crippen molar-refractivity contribution in [2.45, 2.75) is 32.4 Å². The summed E-state index contributed by atoms with van der Waals surface area (Å²) in [5.74, 6) is 6.54. The average Bonchev–Trinajstić information content (AvgIpc) is 3.47. The number of imidazole rings is 1. The van der Waals surface area contributed by atoms with E-state index in [2.05, 4.69) is 27.0 Å². The van der Waals surface area contributed by atoms with Crippen molar-refractivity contribution < 1.29 is 19.5 Å². The fourth-order valence-electron chi connectivity index (χ4n) is 3.26. The zero-order chi connectivity index (χ0) is 23.2. The summed E-state index contributed by atoms with van der Waals surface area (Å²) in [7, 11) is 0. The van der Waals surface area contributed by atoms with Gasteiger partial charge in [-0.2, -0.15) is 0 Å². The zero-order valence-electron chi connectivity index (χ0n) is 18.0. The van der Waals surface area contributed by atoms with E-state index in [1.165, 1.54) is 0 Å². The molecule has 0 amide bonds. The van der Waals surface area contributed by atoms with E-state index in [-0.39, 0.29) is 6.42 Å². The molecule has 33 heavy (non-hydrogen) atoms. The molecule has 0 saturated carbocycles. The molecule has 4 rings (SSSR count). The summed E-state index contributed by atoms with van der Waals surface area (Å²) in [4.78, 5) is 19.1. The van der Waals surface area contributed by atoms with Crippen molar-refractivity contribution in [1.82, 2.24) is 19.7 Å². The highest BCUT2D eigenvalue weighted by atomic mass is 16.5. The smallest absolute Gasteiger partial charge is 0.303 e. The molecule has 0 aliphatic carbocycles. The SMILES string of the molecule is C[C@H](O)c1nccn1Cc1cc(-c2ccc(C#Cc3ccc(CCC(=O)O)nc3)cc2)on1. The number of aryl methyl sites for hydroxylation is 1. The molecule has 1 aromatic carbocycles. The molecule has 0 spiro atoms. The first-order chi connectivity index (χ1) is 16.0. The average molecular weight is 442 g/mol. The standard InChI is InChI=1S/C25H22N4O4/c1-17(30)25-26-12-13-29(25)16-22-14-23(33-28-22)20-7-4-18(5-8-20)2-3-19-6-9-21(27-15-19)10-11-24(31)32/h4-9,12-15,17,30H,10-11,16H2,1H3,(H,31,32)/t17-/m0/s1. The third kappa shape index (κ3) is 5.73. The van der Waals surface area contributed by atoms with E-state index in [9.17, 15) is 9.90 Å². The summed E-state index contributed by atoms with van der Waals surface area (Å²) in [5.41, 5.74) is 3.94. The van der Waals surface area contributed by atoms with Gasteiger partial charge in [0, 0.05) is 53.5 Å². The Balaban J connectivity index is 1.40. The Morgan fingerprint density at radius 3 is 2.55 bits per heavy atom. The lowest BCUT2D eigenvalue weighted by Crippen LogP contribution is -2.07. The van der Waals surface area contributed by atoms with Gasteiger partial charge in [0.1, 0.15) is 17.6 Å². The number of aliphatic hydroxyl groups excluding tert-OH is 1. The van der Waals surface area contributed by atoms with Crippen molar-refractivity contribution in [3.63, 3.8) is 0 Å². The normalized spacial score (nSPS) is 11.6. The highest BCUT2D eigenvalue weighted by Gasteiger charge is 2.12. The van der Waals surface area contributed by atoms with Crippen LogP contribution in [-0.2, 0) is 17.8 Å². The highest BCUT2D eigenvalue weighted by molar-refractivity contribution is 5.67. The molecule has 0 bridgehead atoms. The molecule has 1 atom stereocenters. The van der Waals surface area contributed by atoms with Crippen LogP contribution in [0.3, 0.4) is 0 Å². The maximum atomic E-state index is 10.6. The Hall–Kier alpha value is -4.22. The first-order valence-corrected chi connectivity index (χ1v) is 10.4. The van der Waals surface area contributed by atoms with E-state index >= 15 is 0 Å². The summed E-state index contributed by atoms with van der Waals surface area (Å²) in [6.07, 6.45) is 4.89. The minimum absolute atomic E-state index is 0.0590. The number of pyridine rings is 1. The molecule has 0 fully saturated rings. The molecule has 8 nitrogen and oxygen atoms in total. The van der Waals surface area contributed by atoms with Crippen molar-refractivity contribution in [2.75, 3.05) is 0 Å². The topological polar surface area (TPSA) is 114 Å². The Morgan fingerprint density at radius 1 is 1.09 bits per heavy atom. The predicted octanol–water partition coefficient (Wildman–Crippen LogP) is 3.45. The molecule has 2 N–H and O–H groups in total. The largest absolute Gasteiger partial charge is 0.481 e. The molecule has 4 aromatic rings. The van der Waals surface area contributed by atoms with Crippen LogP contribution >= 0.6 is 0 Å². The van der Waals surface area contributed by atoms with Gasteiger partial charge in [-0.05, 0) is 43.3 Å². The number of carboxylic acid groups (broad SMARTS) is 1. The fraction of sp³-hybridized carbons (Fsp3) is 0.200. The molecule has 3 heterocycles. The minimum atomic E-state index is -0.839. The number of carboxylic acids is 1. The molecule has 3 aromatic heterocycles. The second kappa shape index (κ2) is 9.94. The second-order valence-electron chi connectivity index (χ2n) is 7.53. The number of carbonyl (C=O) groups is 1. The maximum absolute atomic E-state index is 10.6. The van der Waals surface area contributed by atoms with Gasteiger partial charge < -0.3 is 19.3 Å². The number of hydrogen-bond donors (Lipinski definition) is 2. The van der Waals surface area contributed by atoms with Crippen LogP contribution < -0.4 is 0 Å². The number of aromatic nitrogens is 4. The van der Waals surface area contributed by atoms with Crippen LogP contribution in [0.15, 0.2) is 65.6 Å². The molecular formula is C25H22N4O4. The summed E-state index contributed by atoms with van der Waals surface area (Å²) < 4.78 is 7.32. The molecule has 0 saturated heterocycles. The second-order valence-corrected chi connectivity index (χ2v) is 7.53. The fourth-order valence-corrected chi connectivity index (χ4v) is 3.26. The maximum Gasteiger partial charge on any atom is 0.303 e. The minimum Gasteiger partial charge on any atom is -0.481 e. The predicted molar refractivity (Wildman–Crippen MR) is 120 cm³/mol. The van der Waals surface area contributed by atoms with Crippen LogP contribution in [-0.4, -0.2) is 35.9 Å². The van der Waals surface area contributed by atoms with Crippen LogP contribution in [0.5, 0.6) is 0 Å². The van der Waals surface area contributed by atoms with Gasteiger partial charge in [0.15, 0.2) is 5.76 Å². The first kappa shape index (κ1) is 22.0. The van der Waals surface area contributed by atoms with Crippen LogP contribution in [0.25, 0.3) is 11.3 Å². The Morgan fingerprint density at radius 2 is 1.85 bits per heavy atom. The number of rotatable bonds is 7. The Bertz CT molecular complexity index is 1290. The molecule has 0 unspecified atom stereocenters. The van der Waals surface area contributed by atoms with Crippen LogP contribution in [0.1, 0.15) is 47.8 Å². The van der Waals surface area contributed by atoms with E-state index in [0.717, 1.165) is 28.1 Å². The summed E-state index contributed by atoms with van der Waals surface area (Å²) in [5, 5.41) is 22.7. The van der Waals surface area contributed by atoms with Crippen molar-refractivity contribution in [3.05, 3.63) is 89.4 Å². The van der Waals surface area contributed by atoms with Crippen molar-refractivity contribution in [1.29, 1.82) is 0 Å². The van der Waals surface area contributed by atoms with Gasteiger partial charge in [-0.1, -0.05) is 17.0 Å². The van der Waals surface area contributed by atoms with Gasteiger partial charge in [-0.25, -0.2) is 4.98 Å². The monoisotopic (exact) mass is 442 g/mol. The van der Waals surface area contributed by atoms with Crippen molar-refractivity contribution >= 4 is 5.97 Å². The van der Waals surface area contributed by atoms with Crippen LogP contribution in [0, 0.1) is 11.8 Å². The first-order valence-electron chi connectivity index (χ1n) is 10.4. The lowest BCUT2D eigenvalue weighted by molar-refractivity contribution is -0.136. The summed E-state index contributed by atoms with van der Waals surface area (Å²) in [6, 6.07) is 13.1. The number of benzene rings is 1. The van der Waals surface area contributed by atoms with Crippen LogP contribution in [0.2, 0.25) is 0 Å². The van der Waals surface area contributed by atoms with E-state index < -0.39 is 12.1 Å². The quantitative estimate of drug-likeness (QED) is 0.421. The molecule has 166 valence electrons. The van der Waals surface area contributed by atoms with Gasteiger partial charge in [0.05, 0.1) is 13.0 Å². The molecule has 0 aliphatic rings.